The fraction of sp³-hybridized carbons (Fsp3) is 0.100. The summed E-state index contributed by atoms with van der Waals surface area (Å²) in [5.74, 6) is 0.0665. The van der Waals surface area contributed by atoms with Crippen LogP contribution in [0.25, 0.3) is 6.08 Å². The van der Waals surface area contributed by atoms with Crippen LogP contribution < -0.4 is 4.74 Å². The van der Waals surface area contributed by atoms with Gasteiger partial charge in [0.05, 0.1) is 5.56 Å². The smallest absolute Gasteiger partial charge is 0.141 e. The second-order valence-corrected chi connectivity index (χ2v) is 2.66. The van der Waals surface area contributed by atoms with Crippen LogP contribution in [0.3, 0.4) is 0 Å². The van der Waals surface area contributed by atoms with Gasteiger partial charge in [-0.05, 0) is 18.2 Å². The van der Waals surface area contributed by atoms with Crippen LogP contribution in [0, 0.1) is 17.1 Å². The first-order chi connectivity index (χ1) is 6.33. The second kappa shape index (κ2) is 2.91. The van der Waals surface area contributed by atoms with Gasteiger partial charge in [0.1, 0.15) is 24.2 Å². The Labute approximate surface area is 74.9 Å². The number of hydrogen-bond donors (Lipinski definition) is 0. The fourth-order valence-corrected chi connectivity index (χ4v) is 1.28. The Kier molecular flexibility index (Phi) is 1.75. The summed E-state index contributed by atoms with van der Waals surface area (Å²) < 4.78 is 18.3. The lowest BCUT2D eigenvalue weighted by molar-refractivity contribution is 0.357. The summed E-state index contributed by atoms with van der Waals surface area (Å²) in [5.41, 5.74) is 0.585. The summed E-state index contributed by atoms with van der Waals surface area (Å²) in [6, 6.07) is 4.60. The average Bonchev–Trinajstić information content (AvgIpc) is 2.18. The molecule has 2 nitrogen and oxygen atoms in total. The molecule has 0 radical (unpaired) electrons. The van der Waals surface area contributed by atoms with Gasteiger partial charge in [-0.1, -0.05) is 6.08 Å². The largest absolute Gasteiger partial charge is 0.489 e. The van der Waals surface area contributed by atoms with E-state index in [2.05, 4.69) is 0 Å². The first kappa shape index (κ1) is 7.81. The van der Waals surface area contributed by atoms with Gasteiger partial charge in [0.15, 0.2) is 0 Å². The summed E-state index contributed by atoms with van der Waals surface area (Å²) in [4.78, 5) is 0. The van der Waals surface area contributed by atoms with E-state index < -0.39 is 5.82 Å². The van der Waals surface area contributed by atoms with Gasteiger partial charge >= 0.3 is 0 Å². The number of nitriles is 1. The van der Waals surface area contributed by atoms with Crippen molar-refractivity contribution in [3.63, 3.8) is 0 Å². The van der Waals surface area contributed by atoms with Crippen molar-refractivity contribution in [2.24, 2.45) is 0 Å². The van der Waals surface area contributed by atoms with Crippen molar-refractivity contribution >= 4 is 6.08 Å². The number of halogens is 1. The zero-order chi connectivity index (χ0) is 9.26. The van der Waals surface area contributed by atoms with Gasteiger partial charge in [-0.25, -0.2) is 4.39 Å². The van der Waals surface area contributed by atoms with E-state index in [1.807, 2.05) is 6.07 Å². The zero-order valence-electron chi connectivity index (χ0n) is 6.75. The number of rotatable bonds is 0. The van der Waals surface area contributed by atoms with Crippen LogP contribution in [-0.4, -0.2) is 6.61 Å². The molecule has 0 amide bonds. The molecule has 0 spiro atoms. The Morgan fingerprint density at radius 1 is 1.46 bits per heavy atom. The maximum absolute atomic E-state index is 13.1. The third-order valence-corrected chi connectivity index (χ3v) is 1.89. The quantitative estimate of drug-likeness (QED) is 0.605. The highest BCUT2D eigenvalue weighted by Gasteiger charge is 2.13. The highest BCUT2D eigenvalue weighted by molar-refractivity contribution is 5.66. The number of hydrogen-bond acceptors (Lipinski definition) is 2. The molecule has 1 aliphatic rings. The van der Waals surface area contributed by atoms with Gasteiger partial charge in [0.25, 0.3) is 0 Å². The lowest BCUT2D eigenvalue weighted by Gasteiger charge is -2.12. The molecule has 1 heterocycles. The zero-order valence-corrected chi connectivity index (χ0v) is 6.75. The van der Waals surface area contributed by atoms with E-state index in [0.29, 0.717) is 17.9 Å². The third kappa shape index (κ3) is 1.17. The molecule has 64 valence electrons. The number of fused-ring (bicyclic) bond motifs is 1. The van der Waals surface area contributed by atoms with Gasteiger partial charge in [0.2, 0.25) is 0 Å². The average molecular weight is 175 g/mol. The Morgan fingerprint density at radius 2 is 2.31 bits per heavy atom. The molecule has 0 aromatic heterocycles. The van der Waals surface area contributed by atoms with Crippen molar-refractivity contribution in [1.82, 2.24) is 0 Å². The Morgan fingerprint density at radius 3 is 3.08 bits per heavy atom. The van der Waals surface area contributed by atoms with Crippen molar-refractivity contribution in [2.45, 2.75) is 0 Å². The van der Waals surface area contributed by atoms with E-state index in [4.69, 9.17) is 10.00 Å². The molecule has 1 aliphatic heterocycles. The van der Waals surface area contributed by atoms with E-state index in [1.54, 1.807) is 12.2 Å². The normalized spacial score (nSPS) is 12.9. The van der Waals surface area contributed by atoms with Gasteiger partial charge in [-0.2, -0.15) is 5.26 Å². The third-order valence-electron chi connectivity index (χ3n) is 1.89. The minimum atomic E-state index is -0.503. The minimum absolute atomic E-state index is 0.0495. The predicted molar refractivity (Wildman–Crippen MR) is 45.6 cm³/mol. The molecule has 3 heteroatoms. The number of nitrogens with zero attached hydrogens (tertiary/aromatic N) is 1. The highest BCUT2D eigenvalue weighted by atomic mass is 19.1. The molecule has 2 rings (SSSR count). The summed E-state index contributed by atoms with van der Waals surface area (Å²) in [5, 5.41) is 8.69. The molecule has 0 saturated carbocycles. The van der Waals surface area contributed by atoms with Crippen molar-refractivity contribution in [3.8, 4) is 11.8 Å². The lowest BCUT2D eigenvalue weighted by Crippen LogP contribution is -2.02. The monoisotopic (exact) mass is 175 g/mol. The van der Waals surface area contributed by atoms with Crippen LogP contribution in [0.15, 0.2) is 18.2 Å². The maximum Gasteiger partial charge on any atom is 0.141 e. The van der Waals surface area contributed by atoms with Gasteiger partial charge in [-0.15, -0.1) is 0 Å². The Bertz CT molecular complexity index is 418. The Hall–Kier alpha value is -1.82. The fourth-order valence-electron chi connectivity index (χ4n) is 1.28. The molecule has 0 unspecified atom stereocenters. The van der Waals surface area contributed by atoms with Crippen LogP contribution in [0.1, 0.15) is 11.1 Å². The summed E-state index contributed by atoms with van der Waals surface area (Å²) in [6.07, 6.45) is 3.46. The van der Waals surface area contributed by atoms with Gasteiger partial charge in [0, 0.05) is 5.56 Å². The molecule has 0 saturated heterocycles. The molecule has 0 fully saturated rings. The van der Waals surface area contributed by atoms with Crippen molar-refractivity contribution in [3.05, 3.63) is 35.2 Å². The molecule has 13 heavy (non-hydrogen) atoms. The van der Waals surface area contributed by atoms with Crippen LogP contribution >= 0.6 is 0 Å². The molecule has 0 atom stereocenters. The van der Waals surface area contributed by atoms with E-state index in [1.165, 1.54) is 12.1 Å². The molecule has 1 aromatic rings. The number of benzene rings is 1. The second-order valence-electron chi connectivity index (χ2n) is 2.66. The Balaban J connectivity index is 2.70. The van der Waals surface area contributed by atoms with Crippen molar-refractivity contribution < 1.29 is 9.13 Å². The van der Waals surface area contributed by atoms with Gasteiger partial charge < -0.3 is 4.74 Å². The standard InChI is InChI=1S/C10H6FNO/c11-9-3-4-10-7(8(9)6-12)2-1-5-13-10/h1-4H,5H2. The SMILES string of the molecule is N#Cc1c(F)ccc2c1C=CCO2. The van der Waals surface area contributed by atoms with Crippen LogP contribution in [0.2, 0.25) is 0 Å². The molecule has 0 bridgehead atoms. The van der Waals surface area contributed by atoms with Crippen molar-refractivity contribution in [1.29, 1.82) is 5.26 Å². The minimum Gasteiger partial charge on any atom is -0.489 e. The van der Waals surface area contributed by atoms with E-state index >= 15 is 0 Å². The highest BCUT2D eigenvalue weighted by Crippen LogP contribution is 2.28. The summed E-state index contributed by atoms with van der Waals surface area (Å²) in [6.45, 7) is 0.476. The molecular weight excluding hydrogens is 169 g/mol. The molecule has 1 aromatic carbocycles. The first-order valence-electron chi connectivity index (χ1n) is 3.85. The summed E-state index contributed by atoms with van der Waals surface area (Å²) >= 11 is 0. The topological polar surface area (TPSA) is 33.0 Å². The van der Waals surface area contributed by atoms with E-state index in [0.717, 1.165) is 0 Å². The molecular formula is C10H6FNO. The van der Waals surface area contributed by atoms with E-state index in [-0.39, 0.29) is 5.56 Å². The van der Waals surface area contributed by atoms with Gasteiger partial charge in [-0.3, -0.25) is 0 Å². The number of ether oxygens (including phenoxy) is 1. The molecule has 0 aliphatic carbocycles. The van der Waals surface area contributed by atoms with Crippen molar-refractivity contribution in [2.75, 3.05) is 6.61 Å². The maximum atomic E-state index is 13.1. The van der Waals surface area contributed by atoms with Crippen LogP contribution in [0.5, 0.6) is 5.75 Å². The van der Waals surface area contributed by atoms with Crippen LogP contribution in [-0.2, 0) is 0 Å². The lowest BCUT2D eigenvalue weighted by atomic mass is 10.1. The predicted octanol–water partition coefficient (Wildman–Crippen LogP) is 2.10. The summed E-state index contributed by atoms with van der Waals surface area (Å²) in [7, 11) is 0. The molecule has 0 N–H and O–H groups in total. The first-order valence-corrected chi connectivity index (χ1v) is 3.85. The van der Waals surface area contributed by atoms with Crippen LogP contribution in [0.4, 0.5) is 4.39 Å². The van der Waals surface area contributed by atoms with E-state index in [9.17, 15) is 4.39 Å².